The molecule has 1 aromatic carbocycles. The number of hydrogen-bond acceptors (Lipinski definition) is 1. The highest BCUT2D eigenvalue weighted by Crippen LogP contribution is 2.25. The zero-order valence-corrected chi connectivity index (χ0v) is 6.03. The summed E-state index contributed by atoms with van der Waals surface area (Å²) < 4.78 is 5.35. The first-order valence-corrected chi connectivity index (χ1v) is 3.88. The Kier molecular flexibility index (Phi) is 0.880. The first-order chi connectivity index (χ1) is 5.43. The van der Waals surface area contributed by atoms with Crippen molar-refractivity contribution in [1.29, 1.82) is 0 Å². The number of benzene rings is 1. The van der Waals surface area contributed by atoms with Crippen molar-refractivity contribution < 1.29 is 4.74 Å². The molecule has 1 aliphatic carbocycles. The van der Waals surface area contributed by atoms with E-state index < -0.39 is 0 Å². The molecule has 0 spiro atoms. The van der Waals surface area contributed by atoms with E-state index in [1.165, 1.54) is 10.4 Å². The second-order valence-electron chi connectivity index (χ2n) is 3.03. The Morgan fingerprint density at radius 1 is 0.909 bits per heavy atom. The number of rotatable bonds is 0. The molecular formula is C10H8O. The minimum atomic E-state index is 0.380. The third-order valence-electron chi connectivity index (χ3n) is 2.25. The summed E-state index contributed by atoms with van der Waals surface area (Å²) in [6, 6.07) is 8.38. The van der Waals surface area contributed by atoms with E-state index >= 15 is 0 Å². The average Bonchev–Trinajstić information content (AvgIpc) is 2.77. The van der Waals surface area contributed by atoms with Gasteiger partial charge in [-0.15, -0.1) is 0 Å². The molecule has 54 valence electrons. The fraction of sp³-hybridized carbons (Fsp3) is 0.200. The minimum absolute atomic E-state index is 0.380. The topological polar surface area (TPSA) is 12.5 Å². The predicted octanol–water partition coefficient (Wildman–Crippen LogP) is 0.0286. The maximum atomic E-state index is 5.35. The van der Waals surface area contributed by atoms with Crippen LogP contribution in [-0.4, -0.2) is 12.2 Å². The smallest absolute Gasteiger partial charge is 0.107 e. The molecule has 1 aliphatic heterocycles. The van der Waals surface area contributed by atoms with Gasteiger partial charge in [-0.1, -0.05) is 24.3 Å². The zero-order valence-electron chi connectivity index (χ0n) is 6.03. The summed E-state index contributed by atoms with van der Waals surface area (Å²) in [7, 11) is 0. The molecule has 2 aliphatic rings. The van der Waals surface area contributed by atoms with Crippen LogP contribution in [0.3, 0.4) is 0 Å². The average molecular weight is 144 g/mol. The van der Waals surface area contributed by atoms with Crippen molar-refractivity contribution >= 4 is 12.2 Å². The van der Waals surface area contributed by atoms with Crippen molar-refractivity contribution in [3.8, 4) is 0 Å². The molecular weight excluding hydrogens is 136 g/mol. The highest BCUT2D eigenvalue weighted by Gasteiger charge is 2.35. The number of hydrogen-bond donors (Lipinski definition) is 0. The van der Waals surface area contributed by atoms with Crippen LogP contribution in [-0.2, 0) is 4.74 Å². The molecule has 0 amide bonds. The van der Waals surface area contributed by atoms with E-state index in [1.54, 1.807) is 0 Å². The molecule has 11 heavy (non-hydrogen) atoms. The summed E-state index contributed by atoms with van der Waals surface area (Å²) in [4.78, 5) is 0. The van der Waals surface area contributed by atoms with Gasteiger partial charge in [-0.25, -0.2) is 0 Å². The van der Waals surface area contributed by atoms with Crippen LogP contribution in [0.4, 0.5) is 0 Å². The number of ether oxygens (including phenoxy) is 1. The van der Waals surface area contributed by atoms with Gasteiger partial charge in [0, 0.05) is 0 Å². The molecule has 1 saturated heterocycles. The van der Waals surface area contributed by atoms with Gasteiger partial charge in [-0.2, -0.15) is 0 Å². The van der Waals surface area contributed by atoms with Crippen molar-refractivity contribution in [3.05, 3.63) is 34.7 Å². The summed E-state index contributed by atoms with van der Waals surface area (Å²) in [5.74, 6) is 0. The van der Waals surface area contributed by atoms with E-state index in [2.05, 4.69) is 36.4 Å². The Hall–Kier alpha value is -1.08. The lowest BCUT2D eigenvalue weighted by molar-refractivity contribution is 0.426. The second kappa shape index (κ2) is 1.74. The predicted molar refractivity (Wildman–Crippen MR) is 43.3 cm³/mol. The quantitative estimate of drug-likeness (QED) is 0.468. The van der Waals surface area contributed by atoms with Gasteiger partial charge in [0.15, 0.2) is 0 Å². The van der Waals surface area contributed by atoms with Crippen molar-refractivity contribution in [2.45, 2.75) is 12.2 Å². The molecule has 0 radical (unpaired) electrons. The largest absolute Gasteiger partial charge is 0.361 e. The first kappa shape index (κ1) is 5.56. The fourth-order valence-corrected chi connectivity index (χ4v) is 1.57. The van der Waals surface area contributed by atoms with E-state index in [1.807, 2.05) is 0 Å². The SMILES string of the molecule is C1=c2ccccc2=CC2OC12. The monoisotopic (exact) mass is 144 g/mol. The lowest BCUT2D eigenvalue weighted by Crippen LogP contribution is -2.27. The molecule has 2 atom stereocenters. The van der Waals surface area contributed by atoms with Crippen molar-refractivity contribution in [1.82, 2.24) is 0 Å². The van der Waals surface area contributed by atoms with Crippen LogP contribution in [0.1, 0.15) is 0 Å². The summed E-state index contributed by atoms with van der Waals surface area (Å²) in [6.45, 7) is 0. The molecule has 0 aromatic heterocycles. The molecule has 1 fully saturated rings. The van der Waals surface area contributed by atoms with E-state index in [0.717, 1.165) is 0 Å². The van der Waals surface area contributed by atoms with Crippen LogP contribution in [0.2, 0.25) is 0 Å². The van der Waals surface area contributed by atoms with Gasteiger partial charge < -0.3 is 4.74 Å². The van der Waals surface area contributed by atoms with Crippen molar-refractivity contribution in [3.63, 3.8) is 0 Å². The Labute approximate surface area is 64.6 Å². The van der Waals surface area contributed by atoms with Gasteiger partial charge in [0.05, 0.1) is 0 Å². The Morgan fingerprint density at radius 3 is 2.00 bits per heavy atom. The molecule has 0 bridgehead atoms. The van der Waals surface area contributed by atoms with Crippen LogP contribution in [0, 0.1) is 0 Å². The van der Waals surface area contributed by atoms with Crippen LogP contribution in [0.5, 0.6) is 0 Å². The number of fused-ring (bicyclic) bond motifs is 2. The van der Waals surface area contributed by atoms with E-state index in [0.29, 0.717) is 12.2 Å². The molecule has 1 heterocycles. The van der Waals surface area contributed by atoms with Gasteiger partial charge in [-0.3, -0.25) is 0 Å². The lowest BCUT2D eigenvalue weighted by atomic mass is 10.1. The molecule has 3 rings (SSSR count). The van der Waals surface area contributed by atoms with Crippen LogP contribution < -0.4 is 10.4 Å². The van der Waals surface area contributed by atoms with E-state index in [9.17, 15) is 0 Å². The number of epoxide rings is 1. The normalized spacial score (nSPS) is 30.9. The highest BCUT2D eigenvalue weighted by molar-refractivity contribution is 5.51. The third kappa shape index (κ3) is 0.747. The van der Waals surface area contributed by atoms with Crippen molar-refractivity contribution in [2.24, 2.45) is 0 Å². The Balaban J connectivity index is 2.42. The first-order valence-electron chi connectivity index (χ1n) is 3.88. The molecule has 0 N–H and O–H groups in total. The van der Waals surface area contributed by atoms with Crippen LogP contribution in [0.15, 0.2) is 24.3 Å². The van der Waals surface area contributed by atoms with Gasteiger partial charge in [-0.05, 0) is 22.6 Å². The fourth-order valence-electron chi connectivity index (χ4n) is 1.57. The zero-order chi connectivity index (χ0) is 7.26. The van der Waals surface area contributed by atoms with Crippen molar-refractivity contribution in [2.75, 3.05) is 0 Å². The molecule has 1 heteroatoms. The summed E-state index contributed by atoms with van der Waals surface area (Å²) in [6.07, 6.45) is 5.15. The minimum Gasteiger partial charge on any atom is -0.361 e. The highest BCUT2D eigenvalue weighted by atomic mass is 16.6. The maximum absolute atomic E-state index is 5.35. The van der Waals surface area contributed by atoms with Crippen LogP contribution in [0.25, 0.3) is 12.2 Å². The van der Waals surface area contributed by atoms with E-state index in [4.69, 9.17) is 4.74 Å². The Bertz CT molecular complexity index is 366. The Morgan fingerprint density at radius 2 is 1.45 bits per heavy atom. The van der Waals surface area contributed by atoms with Gasteiger partial charge in [0.25, 0.3) is 0 Å². The van der Waals surface area contributed by atoms with Gasteiger partial charge in [0.2, 0.25) is 0 Å². The van der Waals surface area contributed by atoms with Gasteiger partial charge in [0.1, 0.15) is 12.2 Å². The second-order valence-corrected chi connectivity index (χ2v) is 3.03. The third-order valence-corrected chi connectivity index (χ3v) is 2.25. The standard InChI is InChI=1S/C10H8O/c1-2-4-8-6-10-9(11-10)5-7(8)3-1/h1-6,9-10H. The van der Waals surface area contributed by atoms with Gasteiger partial charge >= 0.3 is 0 Å². The lowest BCUT2D eigenvalue weighted by Gasteiger charge is -1.92. The molecule has 0 saturated carbocycles. The summed E-state index contributed by atoms with van der Waals surface area (Å²) in [5.41, 5.74) is 0. The maximum Gasteiger partial charge on any atom is 0.107 e. The summed E-state index contributed by atoms with van der Waals surface area (Å²) in [5, 5.41) is 2.62. The summed E-state index contributed by atoms with van der Waals surface area (Å²) >= 11 is 0. The van der Waals surface area contributed by atoms with E-state index in [-0.39, 0.29) is 0 Å². The molecule has 2 unspecified atom stereocenters. The molecule has 1 aromatic rings. The van der Waals surface area contributed by atoms with Crippen LogP contribution >= 0.6 is 0 Å². The molecule has 1 nitrogen and oxygen atoms in total.